The molecule has 0 radical (unpaired) electrons. The number of thioether (sulfide) groups is 1. The van der Waals surface area contributed by atoms with Crippen LogP contribution in [0.1, 0.15) is 30.3 Å². The Morgan fingerprint density at radius 1 is 1.42 bits per heavy atom. The first-order chi connectivity index (χ1) is 9.15. The number of aromatic nitrogens is 2. The van der Waals surface area contributed by atoms with E-state index in [2.05, 4.69) is 42.5 Å². The highest BCUT2D eigenvalue weighted by Gasteiger charge is 2.21. The summed E-state index contributed by atoms with van der Waals surface area (Å²) in [6, 6.07) is 0. The molecule has 2 heterocycles. The SMILES string of the molecule is CCC1CN(Cc2c(C)nn(CCO)c2C)CCS1. The first-order valence-electron chi connectivity index (χ1n) is 7.13. The summed E-state index contributed by atoms with van der Waals surface area (Å²) >= 11 is 2.10. The summed E-state index contributed by atoms with van der Waals surface area (Å²) < 4.78 is 1.93. The van der Waals surface area contributed by atoms with Crippen LogP contribution < -0.4 is 0 Å². The van der Waals surface area contributed by atoms with Gasteiger partial charge in [-0.2, -0.15) is 16.9 Å². The third-order valence-electron chi connectivity index (χ3n) is 3.90. The Morgan fingerprint density at radius 3 is 2.89 bits per heavy atom. The molecule has 0 aliphatic carbocycles. The molecule has 1 aromatic rings. The maximum Gasteiger partial charge on any atom is 0.0644 e. The highest BCUT2D eigenvalue weighted by atomic mass is 32.2. The molecule has 0 saturated carbocycles. The summed E-state index contributed by atoms with van der Waals surface area (Å²) in [6.07, 6.45) is 1.25. The average Bonchev–Trinajstić information content (AvgIpc) is 2.67. The van der Waals surface area contributed by atoms with E-state index in [0.717, 1.165) is 17.5 Å². The third-order valence-corrected chi connectivity index (χ3v) is 5.28. The minimum atomic E-state index is 0.152. The van der Waals surface area contributed by atoms with Gasteiger partial charge in [-0.3, -0.25) is 9.58 Å². The predicted molar refractivity (Wildman–Crippen MR) is 80.6 cm³/mol. The normalized spacial score (nSPS) is 20.9. The van der Waals surface area contributed by atoms with E-state index in [1.807, 2.05) is 4.68 Å². The summed E-state index contributed by atoms with van der Waals surface area (Å²) in [6.45, 7) is 10.6. The maximum absolute atomic E-state index is 9.06. The lowest BCUT2D eigenvalue weighted by molar-refractivity contribution is 0.265. The van der Waals surface area contributed by atoms with Crippen LogP contribution in [0, 0.1) is 13.8 Å². The van der Waals surface area contributed by atoms with Gasteiger partial charge in [0.05, 0.1) is 18.8 Å². The molecule has 0 bridgehead atoms. The molecule has 1 unspecified atom stereocenters. The molecule has 1 aromatic heterocycles. The molecule has 1 fully saturated rings. The zero-order valence-corrected chi connectivity index (χ0v) is 13.0. The van der Waals surface area contributed by atoms with Crippen molar-refractivity contribution in [3.8, 4) is 0 Å². The van der Waals surface area contributed by atoms with Gasteiger partial charge in [-0.05, 0) is 20.3 Å². The van der Waals surface area contributed by atoms with E-state index in [1.54, 1.807) is 0 Å². The maximum atomic E-state index is 9.06. The van der Waals surface area contributed by atoms with Crippen molar-refractivity contribution in [2.24, 2.45) is 0 Å². The number of aliphatic hydroxyl groups is 1. The molecule has 108 valence electrons. The summed E-state index contributed by atoms with van der Waals surface area (Å²) in [4.78, 5) is 2.55. The number of aliphatic hydroxyl groups excluding tert-OH is 1. The second-order valence-corrected chi connectivity index (χ2v) is 6.64. The summed E-state index contributed by atoms with van der Waals surface area (Å²) in [5.41, 5.74) is 3.66. The topological polar surface area (TPSA) is 41.3 Å². The Bertz CT molecular complexity index is 419. The van der Waals surface area contributed by atoms with Gasteiger partial charge in [0.25, 0.3) is 0 Å². The Kier molecular flexibility index (Phi) is 5.30. The largest absolute Gasteiger partial charge is 0.394 e. The second-order valence-electron chi connectivity index (χ2n) is 5.23. The lowest BCUT2D eigenvalue weighted by Gasteiger charge is -2.31. The van der Waals surface area contributed by atoms with E-state index in [4.69, 9.17) is 5.11 Å². The van der Waals surface area contributed by atoms with E-state index in [-0.39, 0.29) is 6.61 Å². The molecule has 1 atom stereocenters. The standard InChI is InChI=1S/C14H25N3OS/c1-4-13-9-16(6-8-19-13)10-14-11(2)15-17(5-7-18)12(14)3/h13,18H,4-10H2,1-3H3. The van der Waals surface area contributed by atoms with Gasteiger partial charge in [-0.1, -0.05) is 6.92 Å². The van der Waals surface area contributed by atoms with Gasteiger partial charge in [0.1, 0.15) is 0 Å². The first kappa shape index (κ1) is 14.9. The lowest BCUT2D eigenvalue weighted by Crippen LogP contribution is -2.37. The molecule has 2 rings (SSSR count). The van der Waals surface area contributed by atoms with Crippen molar-refractivity contribution in [1.29, 1.82) is 0 Å². The van der Waals surface area contributed by atoms with Gasteiger partial charge in [0.2, 0.25) is 0 Å². The number of hydrogen-bond acceptors (Lipinski definition) is 4. The summed E-state index contributed by atoms with van der Waals surface area (Å²) in [5.74, 6) is 1.24. The molecule has 1 aliphatic heterocycles. The third kappa shape index (κ3) is 3.52. The van der Waals surface area contributed by atoms with Crippen molar-refractivity contribution in [2.75, 3.05) is 25.4 Å². The molecule has 4 nitrogen and oxygen atoms in total. The lowest BCUT2D eigenvalue weighted by atomic mass is 10.1. The van der Waals surface area contributed by atoms with Crippen molar-refractivity contribution < 1.29 is 5.11 Å². The van der Waals surface area contributed by atoms with Gasteiger partial charge in [0, 0.05) is 41.9 Å². The highest BCUT2D eigenvalue weighted by Crippen LogP contribution is 2.24. The highest BCUT2D eigenvalue weighted by molar-refractivity contribution is 8.00. The molecule has 0 amide bonds. The number of aryl methyl sites for hydroxylation is 1. The van der Waals surface area contributed by atoms with Crippen molar-refractivity contribution in [3.63, 3.8) is 0 Å². The van der Waals surface area contributed by atoms with E-state index in [1.165, 1.54) is 36.5 Å². The Labute approximate surface area is 120 Å². The molecule has 0 aromatic carbocycles. The zero-order chi connectivity index (χ0) is 13.8. The molecular weight excluding hydrogens is 258 g/mol. The minimum Gasteiger partial charge on any atom is -0.394 e. The number of hydrogen-bond donors (Lipinski definition) is 1. The minimum absolute atomic E-state index is 0.152. The first-order valence-corrected chi connectivity index (χ1v) is 8.18. The Balaban J connectivity index is 2.06. The van der Waals surface area contributed by atoms with Gasteiger partial charge in [-0.15, -0.1) is 0 Å². The van der Waals surface area contributed by atoms with E-state index in [9.17, 15) is 0 Å². The van der Waals surface area contributed by atoms with Crippen molar-refractivity contribution >= 4 is 11.8 Å². The van der Waals surface area contributed by atoms with Crippen LogP contribution >= 0.6 is 11.8 Å². The van der Waals surface area contributed by atoms with E-state index >= 15 is 0 Å². The number of rotatable bonds is 5. The van der Waals surface area contributed by atoms with Gasteiger partial charge >= 0.3 is 0 Å². The van der Waals surface area contributed by atoms with Gasteiger partial charge in [-0.25, -0.2) is 0 Å². The van der Waals surface area contributed by atoms with Crippen LogP contribution in [0.3, 0.4) is 0 Å². The van der Waals surface area contributed by atoms with Crippen LogP contribution in [0.2, 0.25) is 0 Å². The van der Waals surface area contributed by atoms with Crippen LogP contribution in [0.4, 0.5) is 0 Å². The summed E-state index contributed by atoms with van der Waals surface area (Å²) in [7, 11) is 0. The second kappa shape index (κ2) is 6.77. The molecular formula is C14H25N3OS. The van der Waals surface area contributed by atoms with Gasteiger partial charge in [0.15, 0.2) is 0 Å². The van der Waals surface area contributed by atoms with Crippen LogP contribution in [0.25, 0.3) is 0 Å². The van der Waals surface area contributed by atoms with Crippen molar-refractivity contribution in [2.45, 2.75) is 45.5 Å². The average molecular weight is 283 g/mol. The van der Waals surface area contributed by atoms with E-state index < -0.39 is 0 Å². The predicted octanol–water partition coefficient (Wildman–Crippen LogP) is 1.82. The fourth-order valence-corrected chi connectivity index (χ4v) is 3.92. The molecule has 5 heteroatoms. The fourth-order valence-electron chi connectivity index (χ4n) is 2.67. The molecule has 1 aliphatic rings. The molecule has 0 spiro atoms. The fraction of sp³-hybridized carbons (Fsp3) is 0.786. The Hall–Kier alpha value is -0.520. The smallest absolute Gasteiger partial charge is 0.0644 e. The summed E-state index contributed by atoms with van der Waals surface area (Å²) in [5, 5.41) is 14.4. The molecule has 1 saturated heterocycles. The molecule has 1 N–H and O–H groups in total. The van der Waals surface area contributed by atoms with Crippen LogP contribution in [-0.2, 0) is 13.1 Å². The van der Waals surface area contributed by atoms with Gasteiger partial charge < -0.3 is 5.11 Å². The quantitative estimate of drug-likeness (QED) is 0.895. The monoisotopic (exact) mass is 283 g/mol. The van der Waals surface area contributed by atoms with E-state index in [0.29, 0.717) is 6.54 Å². The van der Waals surface area contributed by atoms with Crippen LogP contribution in [0.15, 0.2) is 0 Å². The van der Waals surface area contributed by atoms with Crippen LogP contribution in [0.5, 0.6) is 0 Å². The zero-order valence-electron chi connectivity index (χ0n) is 12.2. The number of nitrogens with zero attached hydrogens (tertiary/aromatic N) is 3. The Morgan fingerprint density at radius 2 is 2.21 bits per heavy atom. The molecule has 19 heavy (non-hydrogen) atoms. The van der Waals surface area contributed by atoms with Crippen LogP contribution in [-0.4, -0.2) is 50.5 Å². The van der Waals surface area contributed by atoms with Crippen molar-refractivity contribution in [3.05, 3.63) is 17.0 Å². The van der Waals surface area contributed by atoms with Crippen molar-refractivity contribution in [1.82, 2.24) is 14.7 Å².